The average molecular weight is 361 g/mol. The molecule has 0 aliphatic carbocycles. The summed E-state index contributed by atoms with van der Waals surface area (Å²) < 4.78 is 2.14. The molecule has 0 saturated carbocycles. The molecule has 1 amide bonds. The van der Waals surface area contributed by atoms with Gasteiger partial charge in [0.25, 0.3) is 0 Å². The monoisotopic (exact) mass is 360 g/mol. The standard InChI is InChI=1S/C16H13BrN2OS/c17-10-5-7-11(8-6-10)19-15(16(18)20)13-9-21-14-4-2-1-3-12(13)14/h1-9,15,19H,(H2,18,20). The molecule has 0 aliphatic rings. The summed E-state index contributed by atoms with van der Waals surface area (Å²) >= 11 is 5.01. The van der Waals surface area contributed by atoms with Crippen molar-refractivity contribution in [2.45, 2.75) is 6.04 Å². The van der Waals surface area contributed by atoms with E-state index in [1.807, 2.05) is 53.9 Å². The van der Waals surface area contributed by atoms with E-state index >= 15 is 0 Å². The lowest BCUT2D eigenvalue weighted by Gasteiger charge is -2.16. The number of carbonyl (C=O) groups excluding carboxylic acids is 1. The fraction of sp³-hybridized carbons (Fsp3) is 0.0625. The van der Waals surface area contributed by atoms with Gasteiger partial charge in [-0.15, -0.1) is 11.3 Å². The topological polar surface area (TPSA) is 55.1 Å². The minimum atomic E-state index is -0.540. The lowest BCUT2D eigenvalue weighted by Crippen LogP contribution is -2.27. The number of hydrogen-bond acceptors (Lipinski definition) is 3. The zero-order valence-corrected chi connectivity index (χ0v) is 13.4. The van der Waals surface area contributed by atoms with Gasteiger partial charge in [-0.1, -0.05) is 34.1 Å². The lowest BCUT2D eigenvalue weighted by atomic mass is 10.0. The van der Waals surface area contributed by atoms with Crippen molar-refractivity contribution in [2.75, 3.05) is 5.32 Å². The van der Waals surface area contributed by atoms with Crippen LogP contribution in [0.15, 0.2) is 58.4 Å². The summed E-state index contributed by atoms with van der Waals surface area (Å²) in [5.41, 5.74) is 7.37. The molecule has 106 valence electrons. The Hall–Kier alpha value is -1.85. The third-order valence-electron chi connectivity index (χ3n) is 3.26. The molecule has 0 aliphatic heterocycles. The maximum atomic E-state index is 11.9. The van der Waals surface area contributed by atoms with Crippen molar-refractivity contribution in [3.63, 3.8) is 0 Å². The molecule has 0 spiro atoms. The predicted molar refractivity (Wildman–Crippen MR) is 91.5 cm³/mol. The van der Waals surface area contributed by atoms with Gasteiger partial charge in [-0.25, -0.2) is 0 Å². The van der Waals surface area contributed by atoms with Gasteiger partial charge in [0.15, 0.2) is 0 Å². The van der Waals surface area contributed by atoms with E-state index in [1.54, 1.807) is 11.3 Å². The smallest absolute Gasteiger partial charge is 0.244 e. The molecule has 1 unspecified atom stereocenters. The minimum Gasteiger partial charge on any atom is -0.370 e. The van der Waals surface area contributed by atoms with Crippen LogP contribution in [0.25, 0.3) is 10.1 Å². The molecule has 3 aromatic rings. The normalized spacial score (nSPS) is 12.2. The van der Waals surface area contributed by atoms with E-state index in [0.29, 0.717) is 0 Å². The zero-order valence-electron chi connectivity index (χ0n) is 11.0. The summed E-state index contributed by atoms with van der Waals surface area (Å²) in [4.78, 5) is 11.9. The molecule has 0 fully saturated rings. The maximum absolute atomic E-state index is 11.9. The van der Waals surface area contributed by atoms with Gasteiger partial charge < -0.3 is 11.1 Å². The van der Waals surface area contributed by atoms with E-state index < -0.39 is 6.04 Å². The van der Waals surface area contributed by atoms with Crippen LogP contribution in [0.2, 0.25) is 0 Å². The first-order valence-electron chi connectivity index (χ1n) is 6.43. The van der Waals surface area contributed by atoms with Crippen LogP contribution in [-0.2, 0) is 4.79 Å². The largest absolute Gasteiger partial charge is 0.370 e. The van der Waals surface area contributed by atoms with Crippen molar-refractivity contribution < 1.29 is 4.79 Å². The van der Waals surface area contributed by atoms with Crippen molar-refractivity contribution in [1.29, 1.82) is 0 Å². The fourth-order valence-corrected chi connectivity index (χ4v) is 3.49. The van der Waals surface area contributed by atoms with Crippen molar-refractivity contribution in [3.05, 3.63) is 63.9 Å². The first kappa shape index (κ1) is 14.1. The molecule has 21 heavy (non-hydrogen) atoms. The van der Waals surface area contributed by atoms with Gasteiger partial charge in [-0.05, 0) is 41.1 Å². The Bertz CT molecular complexity index is 782. The molecule has 3 N–H and O–H groups in total. The van der Waals surface area contributed by atoms with Crippen LogP contribution >= 0.6 is 27.3 Å². The van der Waals surface area contributed by atoms with Crippen molar-refractivity contribution in [2.24, 2.45) is 5.73 Å². The summed E-state index contributed by atoms with van der Waals surface area (Å²) in [7, 11) is 0. The second-order valence-corrected chi connectivity index (χ2v) is 6.50. The van der Waals surface area contributed by atoms with E-state index in [-0.39, 0.29) is 5.91 Å². The van der Waals surface area contributed by atoms with Crippen LogP contribution in [0.5, 0.6) is 0 Å². The molecule has 0 bridgehead atoms. The van der Waals surface area contributed by atoms with Gasteiger partial charge >= 0.3 is 0 Å². The van der Waals surface area contributed by atoms with Crippen molar-refractivity contribution in [3.8, 4) is 0 Å². The molecule has 0 radical (unpaired) electrons. The Balaban J connectivity index is 1.98. The van der Waals surface area contributed by atoms with Crippen LogP contribution in [0.4, 0.5) is 5.69 Å². The first-order valence-corrected chi connectivity index (χ1v) is 8.10. The highest BCUT2D eigenvalue weighted by molar-refractivity contribution is 9.10. The number of thiophene rings is 1. The number of fused-ring (bicyclic) bond motifs is 1. The molecule has 5 heteroatoms. The third kappa shape index (κ3) is 2.94. The number of primary amides is 1. The van der Waals surface area contributed by atoms with Crippen molar-refractivity contribution in [1.82, 2.24) is 0 Å². The number of nitrogens with one attached hydrogen (secondary N) is 1. The number of carbonyl (C=O) groups is 1. The Kier molecular flexibility index (Phi) is 3.94. The summed E-state index contributed by atoms with van der Waals surface area (Å²) in [5, 5.41) is 6.27. The quantitative estimate of drug-likeness (QED) is 0.728. The highest BCUT2D eigenvalue weighted by Crippen LogP contribution is 2.32. The number of nitrogens with two attached hydrogens (primary N) is 1. The van der Waals surface area contributed by atoms with E-state index in [0.717, 1.165) is 25.8 Å². The predicted octanol–water partition coefficient (Wildman–Crippen LogP) is 4.30. The maximum Gasteiger partial charge on any atom is 0.244 e. The van der Waals surface area contributed by atoms with E-state index in [1.165, 1.54) is 0 Å². The second kappa shape index (κ2) is 5.87. The van der Waals surface area contributed by atoms with E-state index in [2.05, 4.69) is 21.2 Å². The van der Waals surface area contributed by atoms with Crippen LogP contribution in [0, 0.1) is 0 Å². The van der Waals surface area contributed by atoms with Gasteiger partial charge in [-0.2, -0.15) is 0 Å². The van der Waals surface area contributed by atoms with Crippen LogP contribution < -0.4 is 11.1 Å². The molecular formula is C16H13BrN2OS. The first-order chi connectivity index (χ1) is 10.1. The summed E-state index contributed by atoms with van der Waals surface area (Å²) in [6.45, 7) is 0. The number of benzene rings is 2. The van der Waals surface area contributed by atoms with Crippen LogP contribution in [-0.4, -0.2) is 5.91 Å². The Morgan fingerprint density at radius 1 is 1.14 bits per heavy atom. The van der Waals surface area contributed by atoms with Crippen molar-refractivity contribution >= 4 is 48.9 Å². The fourth-order valence-electron chi connectivity index (χ4n) is 2.24. The zero-order chi connectivity index (χ0) is 14.8. The van der Waals surface area contributed by atoms with Gasteiger partial charge in [0.1, 0.15) is 6.04 Å². The van der Waals surface area contributed by atoms with Gasteiger partial charge in [0, 0.05) is 20.4 Å². The highest BCUT2D eigenvalue weighted by atomic mass is 79.9. The van der Waals surface area contributed by atoms with E-state index in [4.69, 9.17) is 5.73 Å². The van der Waals surface area contributed by atoms with Gasteiger partial charge in [-0.3, -0.25) is 4.79 Å². The van der Waals surface area contributed by atoms with Crippen LogP contribution in [0.1, 0.15) is 11.6 Å². The molecule has 3 nitrogen and oxygen atoms in total. The lowest BCUT2D eigenvalue weighted by molar-refractivity contribution is -0.118. The average Bonchev–Trinajstić information content (AvgIpc) is 2.90. The third-order valence-corrected chi connectivity index (χ3v) is 4.77. The van der Waals surface area contributed by atoms with Gasteiger partial charge in [0.05, 0.1) is 0 Å². The second-order valence-electron chi connectivity index (χ2n) is 4.67. The Morgan fingerprint density at radius 3 is 2.57 bits per heavy atom. The molecule has 3 rings (SSSR count). The minimum absolute atomic E-state index is 0.388. The molecule has 1 aromatic heterocycles. The van der Waals surface area contributed by atoms with Crippen LogP contribution in [0.3, 0.4) is 0 Å². The molecular weight excluding hydrogens is 348 g/mol. The highest BCUT2D eigenvalue weighted by Gasteiger charge is 2.21. The molecule has 0 saturated heterocycles. The number of anilines is 1. The SMILES string of the molecule is NC(=O)C(Nc1ccc(Br)cc1)c1csc2ccccc12. The summed E-state index contributed by atoms with van der Waals surface area (Å²) in [5.74, 6) is -0.388. The number of rotatable bonds is 4. The molecule has 2 aromatic carbocycles. The molecule has 1 atom stereocenters. The number of amides is 1. The van der Waals surface area contributed by atoms with E-state index in [9.17, 15) is 4.79 Å². The summed E-state index contributed by atoms with van der Waals surface area (Å²) in [6.07, 6.45) is 0. The molecule has 1 heterocycles. The number of halogens is 1. The Labute approximate surface area is 134 Å². The Morgan fingerprint density at radius 2 is 1.86 bits per heavy atom. The van der Waals surface area contributed by atoms with Gasteiger partial charge in [0.2, 0.25) is 5.91 Å². The number of hydrogen-bond donors (Lipinski definition) is 2. The summed E-state index contributed by atoms with van der Waals surface area (Å²) in [6, 6.07) is 15.1.